The summed E-state index contributed by atoms with van der Waals surface area (Å²) in [7, 11) is 1.47. The van der Waals surface area contributed by atoms with Crippen LogP contribution in [0, 0.1) is 0 Å². The van der Waals surface area contributed by atoms with Gasteiger partial charge >= 0.3 is 6.03 Å². The van der Waals surface area contributed by atoms with Gasteiger partial charge in [0.15, 0.2) is 5.96 Å². The second kappa shape index (κ2) is 9.27. The maximum absolute atomic E-state index is 12.2. The molecule has 3 amide bonds. The summed E-state index contributed by atoms with van der Waals surface area (Å²) in [6.45, 7) is 0.439. The van der Waals surface area contributed by atoms with Crippen LogP contribution < -0.4 is 38.7 Å². The molecule has 1 rings (SSSR count). The van der Waals surface area contributed by atoms with Crippen LogP contribution in [0.3, 0.4) is 0 Å². The number of hydrogen-bond acceptors (Lipinski definition) is 5. The molecule has 1 atom stereocenters. The Morgan fingerprint density at radius 2 is 2.00 bits per heavy atom. The zero-order valence-electron chi connectivity index (χ0n) is 14.0. The molecule has 0 saturated carbocycles. The standard InChI is InChI=1S/C14H24N8O3/c1-22(9-4-5-10(20-12(9)24)21-14(18)25)11(23)7-8(15)3-2-6-19-13(16)17/h4-5,8H,2-3,6-7,15H2,1H3,(H4,16,17,19)(H4,18,20,21,24,25)/t8-/m0/s1. The van der Waals surface area contributed by atoms with Gasteiger partial charge in [-0.25, -0.2) is 4.79 Å². The molecule has 1 aromatic rings. The molecule has 0 aliphatic rings. The minimum atomic E-state index is -0.806. The van der Waals surface area contributed by atoms with Gasteiger partial charge in [-0.3, -0.25) is 19.9 Å². The maximum atomic E-state index is 12.2. The number of guanidine groups is 1. The lowest BCUT2D eigenvalue weighted by atomic mass is 10.1. The molecular weight excluding hydrogens is 328 g/mol. The number of H-pyrrole nitrogens is 1. The number of carbonyl (C=O) groups is 2. The smallest absolute Gasteiger partial charge is 0.317 e. The van der Waals surface area contributed by atoms with Crippen molar-refractivity contribution in [2.24, 2.45) is 27.9 Å². The number of aromatic amines is 1. The first kappa shape index (κ1) is 20.0. The molecule has 10 N–H and O–H groups in total. The number of primary amides is 1. The van der Waals surface area contributed by atoms with Gasteiger partial charge < -0.3 is 32.8 Å². The number of urea groups is 1. The van der Waals surface area contributed by atoms with E-state index in [1.54, 1.807) is 0 Å². The van der Waals surface area contributed by atoms with Crippen LogP contribution in [0.4, 0.5) is 16.3 Å². The van der Waals surface area contributed by atoms with E-state index in [1.165, 1.54) is 24.1 Å². The maximum Gasteiger partial charge on any atom is 0.317 e. The molecule has 1 aromatic heterocycles. The largest absolute Gasteiger partial charge is 0.370 e. The lowest BCUT2D eigenvalue weighted by molar-refractivity contribution is -0.118. The summed E-state index contributed by atoms with van der Waals surface area (Å²) < 4.78 is 0. The molecule has 0 unspecified atom stereocenters. The van der Waals surface area contributed by atoms with Gasteiger partial charge in [0.2, 0.25) is 5.91 Å². The highest BCUT2D eigenvalue weighted by Gasteiger charge is 2.17. The highest BCUT2D eigenvalue weighted by molar-refractivity contribution is 5.93. The number of amides is 3. The molecule has 0 bridgehead atoms. The monoisotopic (exact) mass is 352 g/mol. The van der Waals surface area contributed by atoms with E-state index in [-0.39, 0.29) is 35.8 Å². The van der Waals surface area contributed by atoms with Crippen molar-refractivity contribution in [1.29, 1.82) is 0 Å². The summed E-state index contributed by atoms with van der Waals surface area (Å²) in [5.74, 6) is -0.160. The molecule has 0 spiro atoms. The van der Waals surface area contributed by atoms with E-state index in [1.807, 2.05) is 0 Å². The summed E-state index contributed by atoms with van der Waals surface area (Å²) in [6.07, 6.45) is 1.28. The second-order valence-electron chi connectivity index (χ2n) is 5.44. The van der Waals surface area contributed by atoms with Gasteiger partial charge in [0, 0.05) is 26.1 Å². The van der Waals surface area contributed by atoms with Crippen LogP contribution in [0.5, 0.6) is 0 Å². The van der Waals surface area contributed by atoms with Crippen molar-refractivity contribution in [1.82, 2.24) is 4.98 Å². The molecule has 138 valence electrons. The molecular formula is C14H24N8O3. The van der Waals surface area contributed by atoms with Crippen LogP contribution in [0.1, 0.15) is 19.3 Å². The number of rotatable bonds is 8. The van der Waals surface area contributed by atoms with Gasteiger partial charge in [-0.2, -0.15) is 0 Å². The summed E-state index contributed by atoms with van der Waals surface area (Å²) in [5, 5.41) is 2.24. The molecule has 11 nitrogen and oxygen atoms in total. The van der Waals surface area contributed by atoms with Crippen LogP contribution in [0.15, 0.2) is 21.9 Å². The van der Waals surface area contributed by atoms with Crippen LogP contribution >= 0.6 is 0 Å². The van der Waals surface area contributed by atoms with E-state index in [0.717, 1.165) is 0 Å². The Hall–Kier alpha value is -3.08. The van der Waals surface area contributed by atoms with Gasteiger partial charge in [-0.15, -0.1) is 0 Å². The van der Waals surface area contributed by atoms with E-state index in [4.69, 9.17) is 22.9 Å². The third-order valence-electron chi connectivity index (χ3n) is 3.35. The third-order valence-corrected chi connectivity index (χ3v) is 3.35. The zero-order valence-corrected chi connectivity index (χ0v) is 14.0. The normalized spacial score (nSPS) is 11.4. The zero-order chi connectivity index (χ0) is 19.0. The van der Waals surface area contributed by atoms with Crippen molar-refractivity contribution >= 4 is 29.4 Å². The van der Waals surface area contributed by atoms with E-state index >= 15 is 0 Å². The summed E-state index contributed by atoms with van der Waals surface area (Å²) in [6, 6.07) is 1.66. The fourth-order valence-corrected chi connectivity index (χ4v) is 2.10. The highest BCUT2D eigenvalue weighted by atomic mass is 16.2. The molecule has 0 fully saturated rings. The Kier molecular flexibility index (Phi) is 7.41. The first-order valence-electron chi connectivity index (χ1n) is 7.58. The Morgan fingerprint density at radius 1 is 1.32 bits per heavy atom. The average Bonchev–Trinajstić information content (AvgIpc) is 2.50. The van der Waals surface area contributed by atoms with Crippen LogP contribution in [0.25, 0.3) is 0 Å². The number of aliphatic imine (C=N–C) groups is 1. The molecule has 0 saturated heterocycles. The van der Waals surface area contributed by atoms with Gasteiger partial charge in [0.05, 0.1) is 0 Å². The number of hydrogen-bond donors (Lipinski definition) is 6. The topological polar surface area (TPSA) is 199 Å². The number of carbonyl (C=O) groups excluding carboxylic acids is 2. The number of nitrogens with one attached hydrogen (secondary N) is 2. The Morgan fingerprint density at radius 3 is 2.56 bits per heavy atom. The molecule has 25 heavy (non-hydrogen) atoms. The first-order chi connectivity index (χ1) is 11.7. The lowest BCUT2D eigenvalue weighted by Gasteiger charge is -2.19. The quantitative estimate of drug-likeness (QED) is 0.189. The van der Waals surface area contributed by atoms with E-state index in [0.29, 0.717) is 19.4 Å². The second-order valence-corrected chi connectivity index (χ2v) is 5.44. The lowest BCUT2D eigenvalue weighted by Crippen LogP contribution is -2.36. The van der Waals surface area contributed by atoms with Crippen LogP contribution in [-0.2, 0) is 4.79 Å². The van der Waals surface area contributed by atoms with Crippen LogP contribution in [-0.4, -0.2) is 42.5 Å². The number of pyridine rings is 1. The van der Waals surface area contributed by atoms with Crippen molar-refractivity contribution in [2.75, 3.05) is 23.8 Å². The fraction of sp³-hybridized carbons (Fsp3) is 0.429. The Bertz CT molecular complexity index is 696. The van der Waals surface area contributed by atoms with Gasteiger partial charge in [0.1, 0.15) is 11.5 Å². The molecule has 0 aliphatic heterocycles. The van der Waals surface area contributed by atoms with E-state index in [9.17, 15) is 14.4 Å². The average molecular weight is 352 g/mol. The minimum Gasteiger partial charge on any atom is -0.370 e. The minimum absolute atomic E-state index is 0.0119. The van der Waals surface area contributed by atoms with Gasteiger partial charge in [0.25, 0.3) is 5.56 Å². The molecule has 1 heterocycles. The molecule has 0 aliphatic carbocycles. The first-order valence-corrected chi connectivity index (χ1v) is 7.58. The van der Waals surface area contributed by atoms with Crippen molar-refractivity contribution in [3.05, 3.63) is 22.5 Å². The third kappa shape index (κ3) is 6.91. The SMILES string of the molecule is CN(C(=O)C[C@@H](N)CCCN=C(N)N)c1ccc(NC(N)=O)[nH]c1=O. The summed E-state index contributed by atoms with van der Waals surface area (Å²) >= 11 is 0. The van der Waals surface area contributed by atoms with E-state index in [2.05, 4.69) is 15.3 Å². The summed E-state index contributed by atoms with van der Waals surface area (Å²) in [4.78, 5) is 42.5. The number of nitrogens with zero attached hydrogens (tertiary/aromatic N) is 2. The van der Waals surface area contributed by atoms with E-state index < -0.39 is 11.6 Å². The predicted octanol–water partition coefficient (Wildman–Crippen LogP) is -1.40. The van der Waals surface area contributed by atoms with Crippen molar-refractivity contribution in [3.63, 3.8) is 0 Å². The highest BCUT2D eigenvalue weighted by Crippen LogP contribution is 2.11. The van der Waals surface area contributed by atoms with Gasteiger partial charge in [-0.1, -0.05) is 0 Å². The number of nitrogens with two attached hydrogens (primary N) is 4. The predicted molar refractivity (Wildman–Crippen MR) is 96.2 cm³/mol. The van der Waals surface area contributed by atoms with Gasteiger partial charge in [-0.05, 0) is 25.0 Å². The summed E-state index contributed by atoms with van der Waals surface area (Å²) in [5.41, 5.74) is 20.9. The molecule has 11 heteroatoms. The van der Waals surface area contributed by atoms with Crippen molar-refractivity contribution < 1.29 is 9.59 Å². The van der Waals surface area contributed by atoms with Crippen LogP contribution in [0.2, 0.25) is 0 Å². The van der Waals surface area contributed by atoms with Crippen molar-refractivity contribution in [2.45, 2.75) is 25.3 Å². The van der Waals surface area contributed by atoms with Crippen molar-refractivity contribution in [3.8, 4) is 0 Å². The Balaban J connectivity index is 2.62. The number of aromatic nitrogens is 1. The fourth-order valence-electron chi connectivity index (χ4n) is 2.10. The number of anilines is 2. The molecule has 0 radical (unpaired) electrons. The Labute approximate surface area is 144 Å². The molecule has 0 aromatic carbocycles.